The van der Waals surface area contributed by atoms with Crippen molar-refractivity contribution in [3.05, 3.63) is 92.7 Å². The maximum absolute atomic E-state index is 13.0. The summed E-state index contributed by atoms with van der Waals surface area (Å²) in [7, 11) is 0. The van der Waals surface area contributed by atoms with Crippen molar-refractivity contribution in [2.45, 2.75) is 39.8 Å². The van der Waals surface area contributed by atoms with Gasteiger partial charge in [-0.2, -0.15) is 14.6 Å². The van der Waals surface area contributed by atoms with Crippen LogP contribution < -0.4 is 16.8 Å². The molecule has 2 amide bonds. The quantitative estimate of drug-likeness (QED) is 0.165. The van der Waals surface area contributed by atoms with Crippen LogP contribution in [0, 0.1) is 6.92 Å². The molecule has 3 heterocycles. The van der Waals surface area contributed by atoms with Crippen LogP contribution in [-0.4, -0.2) is 55.0 Å². The minimum Gasteiger partial charge on any atom is -0.477 e. The summed E-state index contributed by atoms with van der Waals surface area (Å²) in [5, 5.41) is 16.2. The number of halogens is 1. The van der Waals surface area contributed by atoms with Gasteiger partial charge in [0.1, 0.15) is 18.6 Å². The molecule has 0 saturated carbocycles. The molecule has 0 fully saturated rings. The second kappa shape index (κ2) is 15.0. The molecule has 0 spiro atoms. The van der Waals surface area contributed by atoms with Crippen LogP contribution in [0.15, 0.2) is 49.3 Å². The molecule has 0 bridgehead atoms. The number of nitrogens with one attached hydrogen (secondary N) is 1. The molecule has 1 aliphatic rings. The van der Waals surface area contributed by atoms with Crippen LogP contribution >= 0.6 is 23.7 Å². The fraction of sp³-hybridized carbons (Fsp3) is 0.250. The minimum absolute atomic E-state index is 0. The first kappa shape index (κ1) is 34.5. The molecule has 0 aliphatic heterocycles. The molecule has 5 rings (SSSR count). The average molecular weight is 630 g/mol. The average Bonchev–Trinajstić information content (AvgIpc) is 3.71. The van der Waals surface area contributed by atoms with E-state index in [9.17, 15) is 24.3 Å². The van der Waals surface area contributed by atoms with E-state index >= 15 is 0 Å². The van der Waals surface area contributed by atoms with E-state index in [1.807, 2.05) is 19.1 Å². The van der Waals surface area contributed by atoms with Crippen molar-refractivity contribution in [2.75, 3.05) is 6.61 Å². The van der Waals surface area contributed by atoms with Gasteiger partial charge in [-0.3, -0.25) is 9.59 Å². The van der Waals surface area contributed by atoms with E-state index in [-0.39, 0.29) is 55.6 Å². The molecule has 15 heteroatoms. The SMILES string of the molecule is C.C=CCOC(=O)c1ccc2c(c1C)CC[C@@H]2NC(=O)c1cc(C(=O)O)nc2ncnn12.Cl.NCc1ccc(C(N)=O)s1. The number of hydrogen-bond acceptors (Lipinski definition) is 10. The lowest BCUT2D eigenvalue weighted by Gasteiger charge is -2.16. The van der Waals surface area contributed by atoms with Crippen LogP contribution in [0.3, 0.4) is 0 Å². The number of ether oxygens (including phenoxy) is 1. The zero-order valence-electron chi connectivity index (χ0n) is 22.4. The van der Waals surface area contributed by atoms with Gasteiger partial charge in [-0.1, -0.05) is 26.1 Å². The summed E-state index contributed by atoms with van der Waals surface area (Å²) in [5.41, 5.74) is 13.3. The van der Waals surface area contributed by atoms with Gasteiger partial charge in [-0.15, -0.1) is 23.7 Å². The van der Waals surface area contributed by atoms with E-state index < -0.39 is 17.8 Å². The zero-order chi connectivity index (χ0) is 29.7. The number of fused-ring (bicyclic) bond motifs is 2. The van der Waals surface area contributed by atoms with Crippen LogP contribution in [0.4, 0.5) is 0 Å². The summed E-state index contributed by atoms with van der Waals surface area (Å²) in [5.74, 6) is -2.54. The minimum atomic E-state index is -1.27. The third-order valence-electron chi connectivity index (χ3n) is 6.36. The number of thiophene rings is 1. The first-order valence-electron chi connectivity index (χ1n) is 12.4. The Labute approximate surface area is 257 Å². The number of carbonyl (C=O) groups excluding carboxylic acids is 3. The van der Waals surface area contributed by atoms with Crippen molar-refractivity contribution >= 4 is 53.3 Å². The summed E-state index contributed by atoms with van der Waals surface area (Å²) in [6, 6.07) is 7.87. The Bertz CT molecular complexity index is 1670. The van der Waals surface area contributed by atoms with Gasteiger partial charge >= 0.3 is 11.9 Å². The van der Waals surface area contributed by atoms with Gasteiger partial charge in [0, 0.05) is 17.5 Å². The van der Waals surface area contributed by atoms with E-state index in [4.69, 9.17) is 16.2 Å². The standard InChI is InChI=1S/C21H19N5O5.C6H8N2OS.CH4.ClH/c1-3-8-31-20(30)13-4-5-14-12(11(13)2)6-7-15(14)24-18(27)17-9-16(19(28)29)25-21-22-10-23-26(17)21;7-3-4-1-2-5(10-4)6(8)9;;/h3-5,9-10,15H,1,6-8H2,2H3,(H,24,27)(H,28,29);1-2H,3,7H2,(H2,8,9);1H4;1H/t15-;;;/m0.../s1. The highest BCUT2D eigenvalue weighted by molar-refractivity contribution is 7.14. The molecule has 13 nitrogen and oxygen atoms in total. The third-order valence-corrected chi connectivity index (χ3v) is 7.48. The molecule has 4 aromatic rings. The van der Waals surface area contributed by atoms with E-state index in [1.54, 1.807) is 12.1 Å². The van der Waals surface area contributed by atoms with Crippen molar-refractivity contribution < 1.29 is 29.0 Å². The first-order valence-corrected chi connectivity index (χ1v) is 13.2. The molecule has 1 atom stereocenters. The summed E-state index contributed by atoms with van der Waals surface area (Å²) < 4.78 is 6.33. The monoisotopic (exact) mass is 629 g/mol. The van der Waals surface area contributed by atoms with Crippen LogP contribution in [0.25, 0.3) is 5.78 Å². The van der Waals surface area contributed by atoms with Crippen molar-refractivity contribution in [3.8, 4) is 0 Å². The number of amides is 2. The summed E-state index contributed by atoms with van der Waals surface area (Å²) >= 11 is 1.34. The molecule has 1 aliphatic carbocycles. The number of nitrogens with two attached hydrogens (primary N) is 2. The second-order valence-corrected chi connectivity index (χ2v) is 10.1. The molecule has 0 saturated heterocycles. The normalized spacial score (nSPS) is 12.9. The first-order chi connectivity index (χ1) is 19.6. The highest BCUT2D eigenvalue weighted by Crippen LogP contribution is 2.35. The van der Waals surface area contributed by atoms with Gasteiger partial charge < -0.3 is 26.6 Å². The highest BCUT2D eigenvalue weighted by Gasteiger charge is 2.29. The number of carboxylic acids is 1. The van der Waals surface area contributed by atoms with Crippen LogP contribution in [0.2, 0.25) is 0 Å². The Morgan fingerprint density at radius 3 is 2.60 bits per heavy atom. The lowest BCUT2D eigenvalue weighted by Crippen LogP contribution is -2.29. The van der Waals surface area contributed by atoms with Crippen LogP contribution in [0.1, 0.15) is 82.5 Å². The number of primary amides is 1. The van der Waals surface area contributed by atoms with E-state index in [0.717, 1.165) is 21.6 Å². The van der Waals surface area contributed by atoms with E-state index in [0.29, 0.717) is 29.8 Å². The predicted octanol–water partition coefficient (Wildman–Crippen LogP) is 3.25. The molecule has 1 aromatic carbocycles. The fourth-order valence-corrected chi connectivity index (χ4v) is 5.14. The Morgan fingerprint density at radius 1 is 1.26 bits per heavy atom. The fourth-order valence-electron chi connectivity index (χ4n) is 4.40. The number of carboxylic acid groups (broad SMARTS) is 1. The number of carbonyl (C=O) groups is 4. The lowest BCUT2D eigenvalue weighted by molar-refractivity contribution is 0.0547. The maximum Gasteiger partial charge on any atom is 0.354 e. The number of hydrogen-bond donors (Lipinski definition) is 4. The maximum atomic E-state index is 13.0. The van der Waals surface area contributed by atoms with E-state index in [2.05, 4.69) is 27.0 Å². The molecule has 43 heavy (non-hydrogen) atoms. The summed E-state index contributed by atoms with van der Waals surface area (Å²) in [6.07, 6.45) is 4.04. The molecule has 6 N–H and O–H groups in total. The number of aromatic carboxylic acids is 1. The van der Waals surface area contributed by atoms with Gasteiger partial charge in [0.15, 0.2) is 5.69 Å². The van der Waals surface area contributed by atoms with Crippen molar-refractivity contribution in [3.63, 3.8) is 0 Å². The zero-order valence-corrected chi connectivity index (χ0v) is 24.0. The van der Waals surface area contributed by atoms with Crippen molar-refractivity contribution in [1.82, 2.24) is 24.9 Å². The Kier molecular flexibility index (Phi) is 12.0. The predicted molar refractivity (Wildman–Crippen MR) is 163 cm³/mol. The number of esters is 1. The van der Waals surface area contributed by atoms with Crippen molar-refractivity contribution in [2.24, 2.45) is 11.5 Å². The van der Waals surface area contributed by atoms with Gasteiger partial charge in [0.05, 0.1) is 16.5 Å². The summed E-state index contributed by atoms with van der Waals surface area (Å²) in [4.78, 5) is 56.4. The third kappa shape index (κ3) is 7.60. The van der Waals surface area contributed by atoms with Crippen molar-refractivity contribution in [1.29, 1.82) is 0 Å². The molecule has 0 unspecified atom stereocenters. The Hall–Kier alpha value is -4.66. The summed E-state index contributed by atoms with van der Waals surface area (Å²) in [6.45, 7) is 6.00. The molecular formula is C28H32ClN7O6S. The molecule has 0 radical (unpaired) electrons. The number of benzene rings is 1. The lowest BCUT2D eigenvalue weighted by atomic mass is 9.98. The smallest absolute Gasteiger partial charge is 0.354 e. The van der Waals surface area contributed by atoms with Gasteiger partial charge in [0.2, 0.25) is 0 Å². The van der Waals surface area contributed by atoms with Gasteiger partial charge in [-0.25, -0.2) is 14.6 Å². The number of rotatable bonds is 8. The molecule has 3 aromatic heterocycles. The van der Waals surface area contributed by atoms with Crippen LogP contribution in [-0.2, 0) is 17.7 Å². The Morgan fingerprint density at radius 2 is 2.00 bits per heavy atom. The van der Waals surface area contributed by atoms with Gasteiger partial charge in [0.25, 0.3) is 17.6 Å². The largest absolute Gasteiger partial charge is 0.477 e. The second-order valence-electron chi connectivity index (χ2n) is 8.90. The number of aromatic nitrogens is 4. The van der Waals surface area contributed by atoms with E-state index in [1.165, 1.54) is 34.3 Å². The Balaban J connectivity index is 0.000000460. The topological polar surface area (TPSA) is 205 Å². The molecule has 228 valence electrons. The van der Waals surface area contributed by atoms with Crippen LogP contribution in [0.5, 0.6) is 0 Å². The highest BCUT2D eigenvalue weighted by atomic mass is 35.5. The van der Waals surface area contributed by atoms with Gasteiger partial charge in [-0.05, 0) is 54.7 Å². The molecular weight excluding hydrogens is 598 g/mol. The number of nitrogens with zero attached hydrogens (tertiary/aromatic N) is 4.